The van der Waals surface area contributed by atoms with Gasteiger partial charge in [-0.05, 0) is 0 Å². The number of hydrogen-bond donors (Lipinski definition) is 0. The number of halogens is 2. The van der Waals surface area contributed by atoms with E-state index in [-0.39, 0.29) is 30.3 Å². The van der Waals surface area contributed by atoms with E-state index in [1.54, 1.807) is 16.7 Å². The average molecular weight is 566 g/mol. The van der Waals surface area contributed by atoms with Crippen LogP contribution in [0.25, 0.3) is 11.1 Å². The molecule has 0 spiro atoms. The molecule has 0 aliphatic heterocycles. The molecule has 0 unspecified atom stereocenters. The molecule has 0 radical (unpaired) electrons. The zero-order valence-corrected chi connectivity index (χ0v) is 21.6. The second-order valence-electron chi connectivity index (χ2n) is 6.99. The van der Waals surface area contributed by atoms with Crippen molar-refractivity contribution in [2.75, 3.05) is 0 Å². The van der Waals surface area contributed by atoms with Crippen molar-refractivity contribution in [3.05, 3.63) is 80.7 Å². The SMILES string of the molecule is CCC1=[C]([Hf+2]([CH]2c3ccccc3-c3ccccc32)=[Si](C)C)CC=C1.[Cl-].[Cl-]. The maximum absolute atomic E-state index is 2.59. The van der Waals surface area contributed by atoms with Crippen LogP contribution in [-0.2, 0) is 20.1 Å². The molecular weight excluding hydrogens is 542 g/mol. The second kappa shape index (κ2) is 9.19. The van der Waals surface area contributed by atoms with Crippen molar-refractivity contribution >= 4 is 5.49 Å². The van der Waals surface area contributed by atoms with Gasteiger partial charge in [0.1, 0.15) is 0 Å². The smallest absolute Gasteiger partial charge is 1.00 e. The van der Waals surface area contributed by atoms with Gasteiger partial charge in [-0.15, -0.1) is 0 Å². The Balaban J connectivity index is 0.00000121. The quantitative estimate of drug-likeness (QED) is 0.469. The molecule has 0 amide bonds. The summed E-state index contributed by atoms with van der Waals surface area (Å²) in [6.45, 7) is 7.52. The molecule has 4 rings (SSSR count). The fourth-order valence-corrected chi connectivity index (χ4v) is 31.7. The monoisotopic (exact) mass is 566 g/mol. The van der Waals surface area contributed by atoms with E-state index >= 15 is 0 Å². The van der Waals surface area contributed by atoms with Crippen molar-refractivity contribution in [2.45, 2.75) is 36.5 Å². The molecule has 26 heavy (non-hydrogen) atoms. The van der Waals surface area contributed by atoms with E-state index in [1.165, 1.54) is 24.0 Å². The maximum Gasteiger partial charge on any atom is -1.00 e. The minimum absolute atomic E-state index is 0. The van der Waals surface area contributed by atoms with Crippen molar-refractivity contribution < 1.29 is 44.9 Å². The van der Waals surface area contributed by atoms with Crippen LogP contribution in [0.2, 0.25) is 13.1 Å². The van der Waals surface area contributed by atoms with Gasteiger partial charge in [-0.25, -0.2) is 0 Å². The van der Waals surface area contributed by atoms with Gasteiger partial charge in [0.2, 0.25) is 0 Å². The van der Waals surface area contributed by atoms with Gasteiger partial charge in [0.15, 0.2) is 0 Å². The van der Waals surface area contributed by atoms with Crippen molar-refractivity contribution in [1.29, 1.82) is 0 Å². The van der Waals surface area contributed by atoms with Gasteiger partial charge in [0.25, 0.3) is 0 Å². The molecule has 4 heteroatoms. The van der Waals surface area contributed by atoms with Crippen molar-refractivity contribution in [2.24, 2.45) is 0 Å². The first kappa shape index (κ1) is 21.9. The molecule has 0 saturated heterocycles. The van der Waals surface area contributed by atoms with Crippen LogP contribution in [0.3, 0.4) is 0 Å². The molecule has 0 aromatic heterocycles. The molecule has 0 N–H and O–H groups in total. The predicted molar refractivity (Wildman–Crippen MR) is 102 cm³/mol. The normalized spacial score (nSPS) is 14.1. The molecular formula is C22H24Cl2HfSi. The first-order valence-electron chi connectivity index (χ1n) is 8.97. The number of benzene rings is 2. The standard InChI is InChI=1S/C13H9.C7H9.C2H6Si.2ClH.Hf/c1-3-7-12-10(5-1)9-11-6-2-4-8-13(11)12;1-2-7-5-3-4-6-7;1-3-2;;;/h1-9H;3,5H,2,4H2,1H3;1-2H3;2*1H;/q;;;;;+2/p-2. The third kappa shape index (κ3) is 3.63. The van der Waals surface area contributed by atoms with Gasteiger partial charge in [-0.1, -0.05) is 0 Å². The van der Waals surface area contributed by atoms with Crippen LogP contribution in [0, 0.1) is 0 Å². The van der Waals surface area contributed by atoms with E-state index in [4.69, 9.17) is 0 Å². The molecule has 0 atom stereocenters. The third-order valence-corrected chi connectivity index (χ3v) is 31.4. The second-order valence-corrected chi connectivity index (χ2v) is 31.4. The van der Waals surface area contributed by atoms with Crippen LogP contribution in [0.5, 0.6) is 0 Å². The Kier molecular flexibility index (Phi) is 7.73. The Labute approximate surface area is 177 Å². The van der Waals surface area contributed by atoms with E-state index in [0.29, 0.717) is 0 Å². The molecule has 0 nitrogen and oxygen atoms in total. The van der Waals surface area contributed by atoms with E-state index in [1.807, 2.05) is 3.33 Å². The molecule has 134 valence electrons. The van der Waals surface area contributed by atoms with Crippen LogP contribution < -0.4 is 24.8 Å². The van der Waals surface area contributed by atoms with Crippen molar-refractivity contribution in [3.8, 4) is 11.1 Å². The molecule has 0 heterocycles. The fraction of sp³-hybridized carbons (Fsp3) is 0.273. The van der Waals surface area contributed by atoms with Gasteiger partial charge >= 0.3 is 154 Å². The Bertz CT molecular complexity index is 862. The maximum atomic E-state index is 2.59. The minimum atomic E-state index is -1.96. The molecule has 2 aliphatic rings. The van der Waals surface area contributed by atoms with Crippen LogP contribution in [0.1, 0.15) is 34.6 Å². The van der Waals surface area contributed by atoms with Crippen molar-refractivity contribution in [1.82, 2.24) is 0 Å². The van der Waals surface area contributed by atoms with Gasteiger partial charge in [0, 0.05) is 0 Å². The topological polar surface area (TPSA) is 0 Å². The molecule has 2 aromatic carbocycles. The van der Waals surface area contributed by atoms with Gasteiger partial charge in [-0.2, -0.15) is 0 Å². The summed E-state index contributed by atoms with van der Waals surface area (Å²) in [5, 5.41) is 0. The number of allylic oxidation sites excluding steroid dienone is 4. The summed E-state index contributed by atoms with van der Waals surface area (Å²) in [5.41, 5.74) is 7.73. The Morgan fingerprint density at radius 1 is 0.923 bits per heavy atom. The summed E-state index contributed by atoms with van der Waals surface area (Å²) in [6.07, 6.45) is 7.32. The van der Waals surface area contributed by atoms with Gasteiger partial charge in [-0.3, -0.25) is 0 Å². The van der Waals surface area contributed by atoms with Crippen LogP contribution in [-0.4, -0.2) is 5.49 Å². The van der Waals surface area contributed by atoms with Crippen LogP contribution in [0.15, 0.2) is 69.6 Å². The number of hydrogen-bond acceptors (Lipinski definition) is 0. The number of rotatable bonds is 3. The van der Waals surface area contributed by atoms with E-state index < -0.39 is 20.1 Å². The van der Waals surface area contributed by atoms with Gasteiger partial charge < -0.3 is 24.8 Å². The predicted octanol–water partition coefficient (Wildman–Crippen LogP) is 0.258. The Hall–Kier alpha value is -0.413. The summed E-state index contributed by atoms with van der Waals surface area (Å²) in [7, 11) is 0. The van der Waals surface area contributed by atoms with Crippen molar-refractivity contribution in [3.63, 3.8) is 0 Å². The van der Waals surface area contributed by atoms with E-state index in [9.17, 15) is 0 Å². The summed E-state index contributed by atoms with van der Waals surface area (Å²) in [4.78, 5) is 0. The number of fused-ring (bicyclic) bond motifs is 3. The third-order valence-electron chi connectivity index (χ3n) is 5.40. The van der Waals surface area contributed by atoms with Crippen LogP contribution in [0.4, 0.5) is 0 Å². The molecule has 0 fully saturated rings. The minimum Gasteiger partial charge on any atom is -1.00 e. The molecule has 0 saturated carbocycles. The molecule has 0 bridgehead atoms. The van der Waals surface area contributed by atoms with E-state index in [2.05, 4.69) is 80.7 Å². The Morgan fingerprint density at radius 2 is 1.46 bits per heavy atom. The average Bonchev–Trinajstić information content (AvgIpc) is 3.19. The summed E-state index contributed by atoms with van der Waals surface area (Å²) >= 11 is -1.96. The largest absolute Gasteiger partial charge is 1.00 e. The van der Waals surface area contributed by atoms with Gasteiger partial charge in [0.05, 0.1) is 0 Å². The molecule has 2 aromatic rings. The first-order chi connectivity index (χ1) is 11.7. The zero-order valence-electron chi connectivity index (χ0n) is 15.5. The first-order valence-corrected chi connectivity index (χ1v) is 20.7. The summed E-state index contributed by atoms with van der Waals surface area (Å²) in [6, 6.07) is 18.4. The van der Waals surface area contributed by atoms with Crippen LogP contribution >= 0.6 is 0 Å². The fourth-order valence-electron chi connectivity index (χ4n) is 4.40. The summed E-state index contributed by atoms with van der Waals surface area (Å²) < 4.78 is 2.68. The zero-order chi connectivity index (χ0) is 16.7. The molecule has 2 aliphatic carbocycles. The van der Waals surface area contributed by atoms with E-state index in [0.717, 1.165) is 3.67 Å². The Morgan fingerprint density at radius 3 is 1.96 bits per heavy atom. The summed E-state index contributed by atoms with van der Waals surface area (Å²) in [5.74, 6) is 0.